The van der Waals surface area contributed by atoms with Gasteiger partial charge in [-0.2, -0.15) is 0 Å². The molecule has 27 heavy (non-hydrogen) atoms. The van der Waals surface area contributed by atoms with Gasteiger partial charge in [0.2, 0.25) is 0 Å². The van der Waals surface area contributed by atoms with Gasteiger partial charge in [-0.25, -0.2) is 4.39 Å². The van der Waals surface area contributed by atoms with E-state index in [1.54, 1.807) is 6.08 Å². The summed E-state index contributed by atoms with van der Waals surface area (Å²) in [4.78, 5) is 26.3. The van der Waals surface area contributed by atoms with E-state index < -0.39 is 29.3 Å². The van der Waals surface area contributed by atoms with Crippen LogP contribution in [0, 0.1) is 5.82 Å². The normalized spacial score (nSPS) is 17.2. The minimum atomic E-state index is -0.891. The topological polar surface area (TPSA) is 77.8 Å². The lowest BCUT2D eigenvalue weighted by molar-refractivity contribution is -0.129. The van der Waals surface area contributed by atoms with Crippen LogP contribution in [0.15, 0.2) is 72.0 Å². The largest absolute Gasteiger partial charge is 0.503 e. The Labute approximate surface area is 155 Å². The molecule has 138 valence electrons. The number of rotatable bonds is 6. The lowest BCUT2D eigenvalue weighted by Gasteiger charge is -2.25. The van der Waals surface area contributed by atoms with Gasteiger partial charge in [-0.05, 0) is 29.3 Å². The number of nitrogens with zero attached hydrogens (tertiary/aromatic N) is 1. The third kappa shape index (κ3) is 3.80. The average Bonchev–Trinajstić information content (AvgIpc) is 2.93. The van der Waals surface area contributed by atoms with Gasteiger partial charge in [-0.15, -0.1) is 0 Å². The SMILES string of the molecule is O=C(/C=C/c1ccccc1)C1=C(O)C(=O)N(CCO)[C@@H]1c1ccc(F)cc1. The second-order valence-corrected chi connectivity index (χ2v) is 6.05. The minimum Gasteiger partial charge on any atom is -0.503 e. The summed E-state index contributed by atoms with van der Waals surface area (Å²) in [5, 5.41) is 19.5. The van der Waals surface area contributed by atoms with E-state index in [9.17, 15) is 24.2 Å². The first kappa shape index (κ1) is 18.5. The lowest BCUT2D eigenvalue weighted by atomic mass is 9.95. The predicted octanol–water partition coefficient (Wildman–Crippen LogP) is 2.80. The van der Waals surface area contributed by atoms with Crippen molar-refractivity contribution in [1.82, 2.24) is 4.90 Å². The van der Waals surface area contributed by atoms with Crippen molar-refractivity contribution in [1.29, 1.82) is 0 Å². The zero-order valence-electron chi connectivity index (χ0n) is 14.4. The summed E-state index contributed by atoms with van der Waals surface area (Å²) in [6, 6.07) is 13.6. The zero-order chi connectivity index (χ0) is 19.4. The van der Waals surface area contributed by atoms with Gasteiger partial charge in [-0.3, -0.25) is 9.59 Å². The molecule has 2 aromatic carbocycles. The number of carbonyl (C=O) groups is 2. The molecule has 1 aliphatic heterocycles. The number of aliphatic hydroxyl groups excluding tert-OH is 2. The Morgan fingerprint density at radius 1 is 1.11 bits per heavy atom. The van der Waals surface area contributed by atoms with Gasteiger partial charge in [0.15, 0.2) is 11.5 Å². The summed E-state index contributed by atoms with van der Waals surface area (Å²) in [7, 11) is 0. The summed E-state index contributed by atoms with van der Waals surface area (Å²) in [6.07, 6.45) is 2.87. The van der Waals surface area contributed by atoms with Crippen LogP contribution in [0.3, 0.4) is 0 Å². The van der Waals surface area contributed by atoms with E-state index in [1.165, 1.54) is 35.2 Å². The van der Waals surface area contributed by atoms with Crippen molar-refractivity contribution in [3.63, 3.8) is 0 Å². The molecule has 1 aliphatic rings. The molecule has 2 aromatic rings. The molecule has 0 unspecified atom stereocenters. The summed E-state index contributed by atoms with van der Waals surface area (Å²) >= 11 is 0. The highest BCUT2D eigenvalue weighted by atomic mass is 19.1. The Morgan fingerprint density at radius 2 is 1.78 bits per heavy atom. The monoisotopic (exact) mass is 367 g/mol. The van der Waals surface area contributed by atoms with Crippen LogP contribution in [0.25, 0.3) is 6.08 Å². The van der Waals surface area contributed by atoms with Crippen LogP contribution in [0.4, 0.5) is 4.39 Å². The molecule has 0 saturated carbocycles. The maximum absolute atomic E-state index is 13.3. The summed E-state index contributed by atoms with van der Waals surface area (Å²) in [5.74, 6) is -2.38. The quantitative estimate of drug-likeness (QED) is 0.770. The Hall–Kier alpha value is -3.25. The molecule has 1 atom stereocenters. The van der Waals surface area contributed by atoms with Gasteiger partial charge in [-0.1, -0.05) is 48.5 Å². The lowest BCUT2D eigenvalue weighted by Crippen LogP contribution is -2.33. The van der Waals surface area contributed by atoms with E-state index in [-0.39, 0.29) is 18.7 Å². The molecule has 0 bridgehead atoms. The standard InChI is InChI=1S/C21H18FNO4/c22-16-9-7-15(8-10-16)19-18(20(26)21(27)23(19)12-13-24)17(25)11-6-14-4-2-1-3-5-14/h1-11,19,24,26H,12-13H2/b11-6+/t19-/m1/s1. The summed E-state index contributed by atoms with van der Waals surface area (Å²) < 4.78 is 13.3. The Kier molecular flexibility index (Phi) is 5.47. The fourth-order valence-corrected chi connectivity index (χ4v) is 3.06. The van der Waals surface area contributed by atoms with Crippen LogP contribution in [0.2, 0.25) is 0 Å². The van der Waals surface area contributed by atoms with Gasteiger partial charge in [0, 0.05) is 6.54 Å². The fourth-order valence-electron chi connectivity index (χ4n) is 3.06. The van der Waals surface area contributed by atoms with E-state index in [0.717, 1.165) is 5.56 Å². The molecule has 1 heterocycles. The number of aliphatic hydroxyl groups is 2. The van der Waals surface area contributed by atoms with Crippen LogP contribution < -0.4 is 0 Å². The molecule has 0 fully saturated rings. The maximum Gasteiger partial charge on any atom is 0.290 e. The highest BCUT2D eigenvalue weighted by molar-refractivity contribution is 6.14. The van der Waals surface area contributed by atoms with E-state index >= 15 is 0 Å². The van der Waals surface area contributed by atoms with Crippen molar-refractivity contribution in [2.75, 3.05) is 13.2 Å². The van der Waals surface area contributed by atoms with Gasteiger partial charge < -0.3 is 15.1 Å². The number of ketones is 1. The van der Waals surface area contributed by atoms with E-state index in [0.29, 0.717) is 5.56 Å². The summed E-state index contributed by atoms with van der Waals surface area (Å²) in [5.41, 5.74) is 1.17. The second kappa shape index (κ2) is 7.97. The van der Waals surface area contributed by atoms with Crippen LogP contribution in [0.1, 0.15) is 17.2 Å². The molecule has 2 N–H and O–H groups in total. The van der Waals surface area contributed by atoms with Crippen molar-refractivity contribution in [3.05, 3.63) is 88.9 Å². The fraction of sp³-hybridized carbons (Fsp3) is 0.143. The van der Waals surface area contributed by atoms with Gasteiger partial charge in [0.05, 0.1) is 18.2 Å². The first-order chi connectivity index (χ1) is 13.0. The third-order valence-corrected chi connectivity index (χ3v) is 4.32. The Balaban J connectivity index is 1.98. The van der Waals surface area contributed by atoms with Crippen molar-refractivity contribution in [3.8, 4) is 0 Å². The highest BCUT2D eigenvalue weighted by Crippen LogP contribution is 2.37. The highest BCUT2D eigenvalue weighted by Gasteiger charge is 2.42. The van der Waals surface area contributed by atoms with Gasteiger partial charge in [0.1, 0.15) is 5.82 Å². The smallest absolute Gasteiger partial charge is 0.290 e. The minimum absolute atomic E-state index is 0.0654. The molecule has 0 spiro atoms. The number of amides is 1. The van der Waals surface area contributed by atoms with E-state index in [2.05, 4.69) is 0 Å². The van der Waals surface area contributed by atoms with Crippen molar-refractivity contribution in [2.24, 2.45) is 0 Å². The molecule has 5 nitrogen and oxygen atoms in total. The molecular weight excluding hydrogens is 349 g/mol. The average molecular weight is 367 g/mol. The number of allylic oxidation sites excluding steroid dienone is 1. The number of hydrogen-bond acceptors (Lipinski definition) is 4. The third-order valence-electron chi connectivity index (χ3n) is 4.32. The molecule has 3 rings (SSSR count). The van der Waals surface area contributed by atoms with Gasteiger partial charge in [0.25, 0.3) is 5.91 Å². The van der Waals surface area contributed by atoms with Crippen molar-refractivity contribution >= 4 is 17.8 Å². The van der Waals surface area contributed by atoms with Crippen molar-refractivity contribution in [2.45, 2.75) is 6.04 Å². The summed E-state index contributed by atoms with van der Waals surface area (Å²) in [6.45, 7) is -0.401. The molecule has 0 saturated heterocycles. The predicted molar refractivity (Wildman–Crippen MR) is 98.1 cm³/mol. The number of β-amino-alcohol motifs (C(OH)–C–C–N with tert-alkyl or cyclic N) is 1. The Morgan fingerprint density at radius 3 is 2.41 bits per heavy atom. The van der Waals surface area contributed by atoms with E-state index in [4.69, 9.17) is 0 Å². The number of benzene rings is 2. The van der Waals surface area contributed by atoms with Crippen LogP contribution in [-0.2, 0) is 9.59 Å². The molecule has 0 aromatic heterocycles. The second-order valence-electron chi connectivity index (χ2n) is 6.05. The van der Waals surface area contributed by atoms with Crippen molar-refractivity contribution < 1.29 is 24.2 Å². The molecule has 6 heteroatoms. The molecular formula is C21H18FNO4. The first-order valence-corrected chi connectivity index (χ1v) is 8.41. The number of halogens is 1. The first-order valence-electron chi connectivity index (χ1n) is 8.41. The molecule has 0 aliphatic carbocycles. The number of carbonyl (C=O) groups excluding carboxylic acids is 2. The maximum atomic E-state index is 13.3. The van der Waals surface area contributed by atoms with E-state index in [1.807, 2.05) is 30.3 Å². The zero-order valence-corrected chi connectivity index (χ0v) is 14.4. The Bertz CT molecular complexity index is 904. The van der Waals surface area contributed by atoms with Crippen LogP contribution in [-0.4, -0.2) is 40.0 Å². The molecule has 0 radical (unpaired) electrons. The van der Waals surface area contributed by atoms with Crippen LogP contribution >= 0.6 is 0 Å². The van der Waals surface area contributed by atoms with Gasteiger partial charge >= 0.3 is 0 Å². The number of hydrogen-bond donors (Lipinski definition) is 2. The van der Waals surface area contributed by atoms with Crippen LogP contribution in [0.5, 0.6) is 0 Å². The molecule has 1 amide bonds.